The predicted octanol–water partition coefficient (Wildman–Crippen LogP) is 1.69. The molecule has 2 N–H and O–H groups in total. The van der Waals surface area contributed by atoms with Gasteiger partial charge in [-0.3, -0.25) is 4.90 Å². The van der Waals surface area contributed by atoms with E-state index in [4.69, 9.17) is 15.2 Å². The summed E-state index contributed by atoms with van der Waals surface area (Å²) in [4.78, 5) is 2.43. The molecule has 4 nitrogen and oxygen atoms in total. The maximum Gasteiger partial charge on any atom is 0.176 e. The molecule has 1 aliphatic heterocycles. The van der Waals surface area contributed by atoms with Gasteiger partial charge < -0.3 is 15.2 Å². The van der Waals surface area contributed by atoms with E-state index in [1.165, 1.54) is 6.42 Å². The number of likely N-dealkylation sites (tertiary alicyclic amines) is 1. The van der Waals surface area contributed by atoms with Crippen molar-refractivity contribution in [2.45, 2.75) is 45.9 Å². The van der Waals surface area contributed by atoms with Crippen molar-refractivity contribution in [3.05, 3.63) is 0 Å². The molecular weight excluding hydrogens is 228 g/mol. The second-order valence-corrected chi connectivity index (χ2v) is 6.66. The highest BCUT2D eigenvalue weighted by Gasteiger charge is 2.44. The van der Waals surface area contributed by atoms with Gasteiger partial charge in [-0.1, -0.05) is 20.8 Å². The fourth-order valence-electron chi connectivity index (χ4n) is 2.91. The first-order chi connectivity index (χ1) is 8.29. The number of hydrogen-bond donors (Lipinski definition) is 1. The molecule has 0 amide bonds. The van der Waals surface area contributed by atoms with E-state index in [0.29, 0.717) is 17.9 Å². The predicted molar refractivity (Wildman–Crippen MR) is 74.4 cm³/mol. The second-order valence-electron chi connectivity index (χ2n) is 6.66. The quantitative estimate of drug-likeness (QED) is 0.762. The molecule has 0 radical (unpaired) electrons. The van der Waals surface area contributed by atoms with Gasteiger partial charge in [0.05, 0.1) is 5.54 Å². The van der Waals surface area contributed by atoms with Gasteiger partial charge >= 0.3 is 0 Å². The molecule has 1 aliphatic rings. The van der Waals surface area contributed by atoms with E-state index in [-0.39, 0.29) is 11.8 Å². The van der Waals surface area contributed by atoms with Crippen LogP contribution in [0.5, 0.6) is 0 Å². The van der Waals surface area contributed by atoms with Gasteiger partial charge in [0, 0.05) is 27.3 Å². The van der Waals surface area contributed by atoms with Gasteiger partial charge in [-0.05, 0) is 31.2 Å². The van der Waals surface area contributed by atoms with E-state index >= 15 is 0 Å². The Hall–Kier alpha value is -0.160. The van der Waals surface area contributed by atoms with E-state index in [0.717, 1.165) is 13.1 Å². The van der Waals surface area contributed by atoms with Crippen molar-refractivity contribution in [2.24, 2.45) is 17.1 Å². The minimum atomic E-state index is -0.277. The van der Waals surface area contributed by atoms with Crippen molar-refractivity contribution in [2.75, 3.05) is 33.9 Å². The third-order valence-electron chi connectivity index (χ3n) is 4.48. The first-order valence-corrected chi connectivity index (χ1v) is 6.80. The molecule has 0 aromatic carbocycles. The molecule has 1 saturated heterocycles. The van der Waals surface area contributed by atoms with Gasteiger partial charge in [-0.25, -0.2) is 0 Å². The van der Waals surface area contributed by atoms with Crippen molar-refractivity contribution in [1.82, 2.24) is 4.90 Å². The highest BCUT2D eigenvalue weighted by molar-refractivity contribution is 4.96. The highest BCUT2D eigenvalue weighted by Crippen LogP contribution is 2.37. The molecule has 1 heterocycles. The largest absolute Gasteiger partial charge is 0.354 e. The van der Waals surface area contributed by atoms with Gasteiger partial charge in [-0.15, -0.1) is 0 Å². The number of ether oxygens (including phenoxy) is 2. The number of rotatable bonds is 5. The summed E-state index contributed by atoms with van der Waals surface area (Å²) in [5.41, 5.74) is 6.09. The Kier molecular flexibility index (Phi) is 5.18. The molecule has 1 rings (SSSR count). The van der Waals surface area contributed by atoms with Crippen molar-refractivity contribution in [3.63, 3.8) is 0 Å². The highest BCUT2D eigenvalue weighted by atomic mass is 16.7. The summed E-state index contributed by atoms with van der Waals surface area (Å²) in [5, 5.41) is 0. The second kappa shape index (κ2) is 5.87. The lowest BCUT2D eigenvalue weighted by molar-refractivity contribution is -0.178. The molecule has 1 fully saturated rings. The summed E-state index contributed by atoms with van der Waals surface area (Å²) in [6, 6.07) is 0. The lowest BCUT2D eigenvalue weighted by Gasteiger charge is -2.42. The smallest absolute Gasteiger partial charge is 0.176 e. The fraction of sp³-hybridized carbons (Fsp3) is 1.00. The number of methoxy groups -OCH3 is 2. The zero-order valence-electron chi connectivity index (χ0n) is 12.8. The summed E-state index contributed by atoms with van der Waals surface area (Å²) in [5.74, 6) is 0.706. The number of nitrogens with two attached hydrogens (primary N) is 1. The minimum absolute atomic E-state index is 0.247. The standard InChI is InChI=1S/C14H30N2O2/c1-13(2,3)11-7-8-16(9-11)14(4,10-15)12(17-5)18-6/h11-12H,7-10,15H2,1-6H3. The maximum absolute atomic E-state index is 5.99. The average Bonchev–Trinajstić information content (AvgIpc) is 2.79. The Morgan fingerprint density at radius 3 is 2.11 bits per heavy atom. The molecule has 0 spiro atoms. The van der Waals surface area contributed by atoms with Crippen LogP contribution in [0.1, 0.15) is 34.1 Å². The van der Waals surface area contributed by atoms with Gasteiger partial charge in [0.1, 0.15) is 0 Å². The van der Waals surface area contributed by atoms with E-state index in [1.807, 2.05) is 0 Å². The third kappa shape index (κ3) is 3.05. The first kappa shape index (κ1) is 15.9. The van der Waals surface area contributed by atoms with Crippen LogP contribution in [0.15, 0.2) is 0 Å². The molecular formula is C14H30N2O2. The zero-order chi connectivity index (χ0) is 14.0. The molecule has 0 aliphatic carbocycles. The van der Waals surface area contributed by atoms with Crippen LogP contribution in [-0.4, -0.2) is 50.6 Å². The molecule has 0 saturated carbocycles. The van der Waals surface area contributed by atoms with Crippen LogP contribution in [0.4, 0.5) is 0 Å². The topological polar surface area (TPSA) is 47.7 Å². The lowest BCUT2D eigenvalue weighted by Crippen LogP contribution is -2.59. The van der Waals surface area contributed by atoms with Gasteiger partial charge in [0.25, 0.3) is 0 Å². The Morgan fingerprint density at radius 1 is 1.22 bits per heavy atom. The van der Waals surface area contributed by atoms with Gasteiger partial charge in [-0.2, -0.15) is 0 Å². The Balaban J connectivity index is 2.79. The van der Waals surface area contributed by atoms with Gasteiger partial charge in [0.15, 0.2) is 6.29 Å². The normalized spacial score (nSPS) is 25.7. The van der Waals surface area contributed by atoms with E-state index in [2.05, 4.69) is 32.6 Å². The molecule has 2 unspecified atom stereocenters. The zero-order valence-corrected chi connectivity index (χ0v) is 12.8. The molecule has 2 atom stereocenters. The minimum Gasteiger partial charge on any atom is -0.354 e. The average molecular weight is 258 g/mol. The summed E-state index contributed by atoms with van der Waals surface area (Å²) in [6.45, 7) is 11.7. The monoisotopic (exact) mass is 258 g/mol. The SMILES string of the molecule is COC(OC)C(C)(CN)N1CCC(C(C)(C)C)C1. The van der Waals surface area contributed by atoms with Crippen molar-refractivity contribution >= 4 is 0 Å². The van der Waals surface area contributed by atoms with Crippen LogP contribution in [0.3, 0.4) is 0 Å². The van der Waals surface area contributed by atoms with Crippen LogP contribution < -0.4 is 5.73 Å². The van der Waals surface area contributed by atoms with Crippen molar-refractivity contribution in [1.29, 1.82) is 0 Å². The van der Waals surface area contributed by atoms with Crippen molar-refractivity contribution in [3.8, 4) is 0 Å². The third-order valence-corrected chi connectivity index (χ3v) is 4.48. The number of nitrogens with zero attached hydrogens (tertiary/aromatic N) is 1. The molecule has 0 aromatic rings. The molecule has 108 valence electrons. The number of hydrogen-bond acceptors (Lipinski definition) is 4. The fourth-order valence-corrected chi connectivity index (χ4v) is 2.91. The Morgan fingerprint density at radius 2 is 1.78 bits per heavy atom. The summed E-state index contributed by atoms with van der Waals surface area (Å²) in [6.07, 6.45) is 0.945. The van der Waals surface area contributed by atoms with Crippen molar-refractivity contribution < 1.29 is 9.47 Å². The Labute approximate surface area is 112 Å². The molecule has 0 bridgehead atoms. The van der Waals surface area contributed by atoms with E-state index < -0.39 is 0 Å². The van der Waals surface area contributed by atoms with Crippen LogP contribution in [0, 0.1) is 11.3 Å². The summed E-state index contributed by atoms with van der Waals surface area (Å²) in [7, 11) is 3.36. The molecule has 0 aromatic heterocycles. The Bertz CT molecular complexity index is 261. The summed E-state index contributed by atoms with van der Waals surface area (Å²) >= 11 is 0. The first-order valence-electron chi connectivity index (χ1n) is 6.80. The van der Waals surface area contributed by atoms with Gasteiger partial charge in [0.2, 0.25) is 0 Å². The molecule has 4 heteroatoms. The van der Waals surface area contributed by atoms with Crippen LogP contribution in [0.2, 0.25) is 0 Å². The molecule has 18 heavy (non-hydrogen) atoms. The van der Waals surface area contributed by atoms with Crippen LogP contribution in [0.25, 0.3) is 0 Å². The van der Waals surface area contributed by atoms with E-state index in [1.54, 1.807) is 14.2 Å². The summed E-state index contributed by atoms with van der Waals surface area (Å²) < 4.78 is 10.9. The van der Waals surface area contributed by atoms with Crippen LogP contribution >= 0.6 is 0 Å². The van der Waals surface area contributed by atoms with E-state index in [9.17, 15) is 0 Å². The lowest BCUT2D eigenvalue weighted by atomic mass is 9.80. The maximum atomic E-state index is 5.99. The van der Waals surface area contributed by atoms with Crippen LogP contribution in [-0.2, 0) is 9.47 Å².